The van der Waals surface area contributed by atoms with Gasteiger partial charge in [0.1, 0.15) is 0 Å². The summed E-state index contributed by atoms with van der Waals surface area (Å²) >= 11 is 0. The van der Waals surface area contributed by atoms with E-state index in [0.717, 1.165) is 6.04 Å². The van der Waals surface area contributed by atoms with E-state index in [9.17, 15) is 0 Å². The first-order chi connectivity index (χ1) is 6.00. The van der Waals surface area contributed by atoms with Crippen LogP contribution < -0.4 is 5.73 Å². The molecule has 3 unspecified atom stereocenters. The van der Waals surface area contributed by atoms with Crippen LogP contribution in [-0.2, 0) is 0 Å². The van der Waals surface area contributed by atoms with Crippen molar-refractivity contribution in [1.29, 1.82) is 0 Å². The smallest absolute Gasteiger partial charge is 0.0155 e. The van der Waals surface area contributed by atoms with Crippen LogP contribution in [-0.4, -0.2) is 29.6 Å². The van der Waals surface area contributed by atoms with Gasteiger partial charge in [0.05, 0.1) is 0 Å². The molecule has 0 aromatic rings. The third kappa shape index (κ3) is 1.75. The third-order valence-corrected chi connectivity index (χ3v) is 3.83. The Labute approximate surface area is 81.5 Å². The maximum absolute atomic E-state index is 5.95. The topological polar surface area (TPSA) is 29.3 Å². The Bertz CT molecular complexity index is 200. The van der Waals surface area contributed by atoms with Crippen molar-refractivity contribution in [1.82, 2.24) is 4.90 Å². The minimum absolute atomic E-state index is 0.452. The summed E-state index contributed by atoms with van der Waals surface area (Å²) in [5.41, 5.74) is 6.53. The second kappa shape index (κ2) is 2.96. The fourth-order valence-corrected chi connectivity index (χ4v) is 2.70. The molecule has 1 saturated carbocycles. The number of nitrogens with zero attached hydrogens (tertiary/aromatic N) is 1. The lowest BCUT2D eigenvalue weighted by molar-refractivity contribution is 0.124. The molecule has 3 atom stereocenters. The number of piperidine rings is 1. The van der Waals surface area contributed by atoms with Crippen LogP contribution in [0.1, 0.15) is 40.0 Å². The van der Waals surface area contributed by atoms with Crippen LogP contribution in [0.2, 0.25) is 0 Å². The number of nitrogens with two attached hydrogens (primary N) is 1. The van der Waals surface area contributed by atoms with Crippen LogP contribution in [0.3, 0.4) is 0 Å². The van der Waals surface area contributed by atoms with Crippen LogP contribution in [0, 0.1) is 5.41 Å². The average Bonchev–Trinajstić information content (AvgIpc) is 2.59. The molecule has 0 amide bonds. The minimum Gasteiger partial charge on any atom is -0.328 e. The predicted molar refractivity (Wildman–Crippen MR) is 55.6 cm³/mol. The molecule has 2 heteroatoms. The van der Waals surface area contributed by atoms with Gasteiger partial charge in [0, 0.05) is 24.7 Å². The third-order valence-electron chi connectivity index (χ3n) is 3.83. The molecule has 1 aliphatic carbocycles. The lowest BCUT2D eigenvalue weighted by atomic mass is 9.98. The van der Waals surface area contributed by atoms with E-state index in [0.29, 0.717) is 17.5 Å². The molecular weight excluding hydrogens is 160 g/mol. The van der Waals surface area contributed by atoms with Gasteiger partial charge in [0.2, 0.25) is 0 Å². The lowest BCUT2D eigenvalue weighted by Crippen LogP contribution is -2.47. The van der Waals surface area contributed by atoms with E-state index in [2.05, 4.69) is 25.7 Å². The maximum atomic E-state index is 5.95. The molecule has 2 N–H and O–H groups in total. The highest BCUT2D eigenvalue weighted by atomic mass is 15.2. The molecular formula is C11H22N2. The van der Waals surface area contributed by atoms with Gasteiger partial charge in [-0.05, 0) is 31.6 Å². The van der Waals surface area contributed by atoms with Gasteiger partial charge < -0.3 is 5.73 Å². The molecule has 76 valence electrons. The molecule has 0 aromatic heterocycles. The van der Waals surface area contributed by atoms with Crippen LogP contribution >= 0.6 is 0 Å². The Balaban J connectivity index is 1.94. The van der Waals surface area contributed by atoms with Crippen molar-refractivity contribution < 1.29 is 0 Å². The van der Waals surface area contributed by atoms with E-state index in [1.165, 1.54) is 25.8 Å². The van der Waals surface area contributed by atoms with Crippen molar-refractivity contribution in [2.75, 3.05) is 6.54 Å². The van der Waals surface area contributed by atoms with E-state index < -0.39 is 0 Å². The highest BCUT2D eigenvalue weighted by molar-refractivity contribution is 5.05. The van der Waals surface area contributed by atoms with Gasteiger partial charge in [0.25, 0.3) is 0 Å². The second-order valence-electron chi connectivity index (χ2n) is 5.58. The van der Waals surface area contributed by atoms with E-state index in [1.807, 2.05) is 0 Å². The summed E-state index contributed by atoms with van der Waals surface area (Å²) in [7, 11) is 0. The molecule has 0 spiro atoms. The van der Waals surface area contributed by atoms with Crippen LogP contribution in [0.25, 0.3) is 0 Å². The maximum Gasteiger partial charge on any atom is 0.0155 e. The summed E-state index contributed by atoms with van der Waals surface area (Å²) in [5, 5.41) is 0. The fraction of sp³-hybridized carbons (Fsp3) is 1.00. The van der Waals surface area contributed by atoms with E-state index in [1.54, 1.807) is 0 Å². The van der Waals surface area contributed by atoms with Crippen molar-refractivity contribution in [3.63, 3.8) is 0 Å². The zero-order valence-electron chi connectivity index (χ0n) is 9.09. The molecule has 1 aliphatic heterocycles. The first-order valence-electron chi connectivity index (χ1n) is 5.52. The standard InChI is InChI=1S/C11H22N2/c1-8-6-9(12)4-5-13(8)10-7-11(10,2)3/h8-10H,4-7,12H2,1-3H3. The molecule has 0 bridgehead atoms. The fourth-order valence-electron chi connectivity index (χ4n) is 2.70. The first kappa shape index (κ1) is 9.47. The zero-order valence-corrected chi connectivity index (χ0v) is 9.09. The van der Waals surface area contributed by atoms with Crippen molar-refractivity contribution >= 4 is 0 Å². The van der Waals surface area contributed by atoms with Crippen LogP contribution in [0.15, 0.2) is 0 Å². The highest BCUT2D eigenvalue weighted by Gasteiger charge is 2.50. The molecule has 0 aromatic carbocycles. The zero-order chi connectivity index (χ0) is 9.64. The van der Waals surface area contributed by atoms with Gasteiger partial charge in [-0.3, -0.25) is 4.90 Å². The quantitative estimate of drug-likeness (QED) is 0.667. The SMILES string of the molecule is CC1CC(N)CCN1C1CC1(C)C. The molecule has 0 radical (unpaired) electrons. The molecule has 2 nitrogen and oxygen atoms in total. The Morgan fingerprint density at radius 1 is 1.38 bits per heavy atom. The Kier molecular flexibility index (Phi) is 2.16. The monoisotopic (exact) mass is 182 g/mol. The van der Waals surface area contributed by atoms with Crippen molar-refractivity contribution in [3.8, 4) is 0 Å². The molecule has 2 fully saturated rings. The Morgan fingerprint density at radius 2 is 2.00 bits per heavy atom. The van der Waals surface area contributed by atoms with E-state index in [-0.39, 0.29) is 0 Å². The summed E-state index contributed by atoms with van der Waals surface area (Å²) in [4.78, 5) is 2.67. The van der Waals surface area contributed by atoms with E-state index in [4.69, 9.17) is 5.73 Å². The number of rotatable bonds is 1. The van der Waals surface area contributed by atoms with Crippen molar-refractivity contribution in [2.45, 2.75) is 58.2 Å². The molecule has 13 heavy (non-hydrogen) atoms. The normalized spacial score (nSPS) is 44.8. The van der Waals surface area contributed by atoms with Gasteiger partial charge in [-0.2, -0.15) is 0 Å². The summed E-state index contributed by atoms with van der Waals surface area (Å²) in [6, 6.07) is 2.00. The van der Waals surface area contributed by atoms with Gasteiger partial charge in [0.15, 0.2) is 0 Å². The number of hydrogen-bond acceptors (Lipinski definition) is 2. The molecule has 1 saturated heterocycles. The molecule has 1 heterocycles. The largest absolute Gasteiger partial charge is 0.328 e. The van der Waals surface area contributed by atoms with Gasteiger partial charge in [-0.1, -0.05) is 13.8 Å². The van der Waals surface area contributed by atoms with Gasteiger partial charge in [-0.15, -0.1) is 0 Å². The average molecular weight is 182 g/mol. The number of likely N-dealkylation sites (tertiary alicyclic amines) is 1. The molecule has 2 rings (SSSR count). The first-order valence-corrected chi connectivity index (χ1v) is 5.52. The van der Waals surface area contributed by atoms with Crippen LogP contribution in [0.5, 0.6) is 0 Å². The van der Waals surface area contributed by atoms with Gasteiger partial charge in [-0.25, -0.2) is 0 Å². The van der Waals surface area contributed by atoms with Crippen LogP contribution in [0.4, 0.5) is 0 Å². The second-order valence-corrected chi connectivity index (χ2v) is 5.58. The summed E-state index contributed by atoms with van der Waals surface area (Å²) in [5.74, 6) is 0. The Morgan fingerprint density at radius 3 is 2.46 bits per heavy atom. The predicted octanol–water partition coefficient (Wildman–Crippen LogP) is 1.60. The van der Waals surface area contributed by atoms with Crippen molar-refractivity contribution in [2.24, 2.45) is 11.1 Å². The molecule has 2 aliphatic rings. The van der Waals surface area contributed by atoms with Crippen molar-refractivity contribution in [3.05, 3.63) is 0 Å². The van der Waals surface area contributed by atoms with E-state index >= 15 is 0 Å². The minimum atomic E-state index is 0.452. The summed E-state index contributed by atoms with van der Waals surface area (Å²) in [6.45, 7) is 8.29. The lowest BCUT2D eigenvalue weighted by Gasteiger charge is -2.37. The van der Waals surface area contributed by atoms with Gasteiger partial charge >= 0.3 is 0 Å². The highest BCUT2D eigenvalue weighted by Crippen LogP contribution is 2.50. The Hall–Kier alpha value is -0.0800. The number of hydrogen-bond donors (Lipinski definition) is 1. The summed E-state index contributed by atoms with van der Waals surface area (Å²) < 4.78 is 0. The summed E-state index contributed by atoms with van der Waals surface area (Å²) in [6.07, 6.45) is 3.76.